The van der Waals surface area contributed by atoms with Gasteiger partial charge in [-0.2, -0.15) is 0 Å². The van der Waals surface area contributed by atoms with Gasteiger partial charge in [0.05, 0.1) is 24.1 Å². The fourth-order valence-corrected chi connectivity index (χ4v) is 7.13. The molecule has 10 heteroatoms. The van der Waals surface area contributed by atoms with Gasteiger partial charge < -0.3 is 36.7 Å². The number of phenolic OH excluding ortho intramolecular Hbond substituents is 1. The van der Waals surface area contributed by atoms with Crippen LogP contribution in [0.3, 0.4) is 0 Å². The minimum absolute atomic E-state index is 0.00741. The van der Waals surface area contributed by atoms with Gasteiger partial charge in [0.15, 0.2) is 0 Å². The van der Waals surface area contributed by atoms with E-state index in [4.69, 9.17) is 21.4 Å². The fraction of sp³-hybridized carbons (Fsp3) is 0.529. The smallest absolute Gasteiger partial charge is 0.225 e. The number of aromatic hydroxyl groups is 1. The summed E-state index contributed by atoms with van der Waals surface area (Å²) in [4.78, 5) is 20.3. The number of para-hydroxylation sites is 1. The second-order valence-corrected chi connectivity index (χ2v) is 12.0. The Morgan fingerprint density at radius 1 is 1.02 bits per heavy atom. The Kier molecular flexibility index (Phi) is 9.70. The molecule has 3 fully saturated rings. The molecule has 1 atom stereocenters. The van der Waals surface area contributed by atoms with Gasteiger partial charge in [0.2, 0.25) is 5.95 Å². The summed E-state index contributed by atoms with van der Waals surface area (Å²) in [6.07, 6.45) is 9.02. The number of piperidine rings is 1. The third-order valence-corrected chi connectivity index (χ3v) is 9.50. The Hall–Kier alpha value is -3.76. The molecule has 1 spiro atoms. The highest BCUT2D eigenvalue weighted by molar-refractivity contribution is 5.86. The minimum Gasteiger partial charge on any atom is -0.507 e. The number of hydrogen-bond donors (Lipinski definition) is 5. The number of aromatic amines is 1. The largest absolute Gasteiger partial charge is 0.507 e. The summed E-state index contributed by atoms with van der Waals surface area (Å²) in [7, 11) is 0. The topological polar surface area (TPSA) is 136 Å². The third kappa shape index (κ3) is 5.97. The number of rotatable bonds is 5. The minimum atomic E-state index is 0.00741. The zero-order chi connectivity index (χ0) is 31.4. The SMILES string of the molecule is CC.CC.CC1c2c([nH]c(N)c2/C=C(\N)c2ccccc2O)CCN1c1ncc(N2CCC(N3CC4(CNC4)C3)CC2)cn1. The highest BCUT2D eigenvalue weighted by Gasteiger charge is 2.49. The molecule has 0 aliphatic carbocycles. The number of fused-ring (bicyclic) bond motifs is 1. The van der Waals surface area contributed by atoms with E-state index >= 15 is 0 Å². The number of nitrogens with zero attached hydrogens (tertiary/aromatic N) is 5. The summed E-state index contributed by atoms with van der Waals surface area (Å²) in [6.45, 7) is 18.0. The van der Waals surface area contributed by atoms with E-state index in [1.807, 2.05) is 52.2 Å². The van der Waals surface area contributed by atoms with Crippen LogP contribution in [0, 0.1) is 5.41 Å². The number of nitrogen functional groups attached to an aromatic ring is 1. The summed E-state index contributed by atoms with van der Waals surface area (Å²) in [6, 6.07) is 7.79. The molecule has 3 saturated heterocycles. The molecular weight excluding hydrogens is 550 g/mol. The zero-order valence-electron chi connectivity index (χ0n) is 27.1. The maximum atomic E-state index is 10.3. The van der Waals surface area contributed by atoms with Crippen LogP contribution in [0.15, 0.2) is 36.7 Å². The molecule has 44 heavy (non-hydrogen) atoms. The molecule has 6 heterocycles. The molecule has 7 N–H and O–H groups in total. The normalized spacial score (nSPS) is 21.3. The number of likely N-dealkylation sites (tertiary alicyclic amines) is 1. The number of hydrogen-bond acceptors (Lipinski definition) is 9. The number of benzene rings is 1. The van der Waals surface area contributed by atoms with Gasteiger partial charge in [-0.15, -0.1) is 0 Å². The summed E-state index contributed by atoms with van der Waals surface area (Å²) in [5.74, 6) is 1.45. The van der Waals surface area contributed by atoms with Gasteiger partial charge in [-0.05, 0) is 38.0 Å². The average Bonchev–Trinajstić information content (AvgIpc) is 3.34. The number of H-pyrrole nitrogens is 1. The van der Waals surface area contributed by atoms with Crippen molar-refractivity contribution in [1.29, 1.82) is 0 Å². The molecule has 1 unspecified atom stereocenters. The summed E-state index contributed by atoms with van der Waals surface area (Å²) in [5.41, 5.74) is 18.6. The van der Waals surface area contributed by atoms with Gasteiger partial charge in [0.1, 0.15) is 11.6 Å². The Balaban J connectivity index is 0.000000924. The van der Waals surface area contributed by atoms with E-state index in [0.29, 0.717) is 28.5 Å². The predicted molar refractivity (Wildman–Crippen MR) is 182 cm³/mol. The van der Waals surface area contributed by atoms with E-state index in [0.717, 1.165) is 54.5 Å². The van der Waals surface area contributed by atoms with Crippen LogP contribution in [0.4, 0.5) is 17.5 Å². The number of phenols is 1. The van der Waals surface area contributed by atoms with Gasteiger partial charge in [0, 0.05) is 91.8 Å². The van der Waals surface area contributed by atoms with Crippen molar-refractivity contribution in [2.45, 2.75) is 66.0 Å². The van der Waals surface area contributed by atoms with Gasteiger partial charge in [-0.1, -0.05) is 39.8 Å². The molecule has 4 aliphatic rings. The van der Waals surface area contributed by atoms with E-state index < -0.39 is 0 Å². The predicted octanol–water partition coefficient (Wildman–Crippen LogP) is 4.60. The van der Waals surface area contributed by atoms with E-state index in [1.165, 1.54) is 39.0 Å². The van der Waals surface area contributed by atoms with Crippen LogP contribution < -0.4 is 26.6 Å². The molecule has 0 bridgehead atoms. The van der Waals surface area contributed by atoms with Crippen molar-refractivity contribution >= 4 is 29.2 Å². The lowest BCUT2D eigenvalue weighted by molar-refractivity contribution is -0.0694. The Labute approximate surface area is 262 Å². The first-order chi connectivity index (χ1) is 21.4. The third-order valence-electron chi connectivity index (χ3n) is 9.50. The maximum Gasteiger partial charge on any atom is 0.225 e. The molecule has 3 aromatic rings. The van der Waals surface area contributed by atoms with E-state index in [1.54, 1.807) is 18.2 Å². The Morgan fingerprint density at radius 2 is 1.68 bits per heavy atom. The van der Waals surface area contributed by atoms with Crippen molar-refractivity contribution in [3.63, 3.8) is 0 Å². The quantitative estimate of drug-likeness (QED) is 0.284. The second-order valence-electron chi connectivity index (χ2n) is 12.0. The first kappa shape index (κ1) is 31.7. The lowest BCUT2D eigenvalue weighted by Gasteiger charge is -2.59. The monoisotopic (exact) mass is 601 g/mol. The molecule has 0 radical (unpaired) electrons. The molecular formula is C34H51N9O. The number of anilines is 3. The highest BCUT2D eigenvalue weighted by Crippen LogP contribution is 2.40. The van der Waals surface area contributed by atoms with Crippen LogP contribution in [0.5, 0.6) is 5.75 Å². The van der Waals surface area contributed by atoms with Gasteiger partial charge in [-0.3, -0.25) is 4.90 Å². The standard InChI is InChI=1S/C30H39N9O.2C2H6/c1-19-27-23(12-24(31)22-4-2-3-5-26(22)40)28(32)36-25(27)8-11-39(19)29-34-13-21(14-35-29)37-9-6-20(7-10-37)38-17-30(18-38)15-33-16-30;2*1-2/h2-5,12-14,19-20,33,36,40H,6-11,15-18,31-32H2,1H3;2*1-2H3/b24-12-;;. The Morgan fingerprint density at radius 3 is 2.30 bits per heavy atom. The average molecular weight is 602 g/mol. The number of nitrogens with one attached hydrogen (secondary N) is 2. The van der Waals surface area contributed by atoms with Crippen molar-refractivity contribution in [1.82, 2.24) is 25.2 Å². The fourth-order valence-electron chi connectivity index (χ4n) is 7.13. The number of aromatic nitrogens is 3. The molecule has 10 nitrogen and oxygen atoms in total. The molecule has 7 rings (SSSR count). The summed E-state index contributed by atoms with van der Waals surface area (Å²) in [5, 5.41) is 13.7. The lowest BCUT2D eigenvalue weighted by atomic mass is 9.73. The van der Waals surface area contributed by atoms with Crippen LogP contribution in [0.2, 0.25) is 0 Å². The van der Waals surface area contributed by atoms with Crippen LogP contribution in [-0.4, -0.2) is 76.8 Å². The van der Waals surface area contributed by atoms with Crippen molar-refractivity contribution in [3.8, 4) is 5.75 Å². The Bertz CT molecular complexity index is 1410. The van der Waals surface area contributed by atoms with Crippen LogP contribution >= 0.6 is 0 Å². The van der Waals surface area contributed by atoms with E-state index in [2.05, 4.69) is 31.9 Å². The summed E-state index contributed by atoms with van der Waals surface area (Å²) < 4.78 is 0. The van der Waals surface area contributed by atoms with Gasteiger partial charge in [-0.25, -0.2) is 9.97 Å². The molecule has 1 aromatic carbocycles. The second kappa shape index (κ2) is 13.5. The zero-order valence-corrected chi connectivity index (χ0v) is 27.1. The van der Waals surface area contributed by atoms with Crippen LogP contribution in [0.25, 0.3) is 11.8 Å². The highest BCUT2D eigenvalue weighted by atomic mass is 16.3. The number of nitrogens with two attached hydrogens (primary N) is 2. The molecule has 0 saturated carbocycles. The van der Waals surface area contributed by atoms with Crippen molar-refractivity contribution in [3.05, 3.63) is 59.0 Å². The van der Waals surface area contributed by atoms with Gasteiger partial charge >= 0.3 is 0 Å². The molecule has 2 aromatic heterocycles. The van der Waals surface area contributed by atoms with Crippen LogP contribution in [0.1, 0.15) is 75.9 Å². The van der Waals surface area contributed by atoms with Crippen molar-refractivity contribution in [2.75, 3.05) is 61.3 Å². The van der Waals surface area contributed by atoms with Crippen molar-refractivity contribution in [2.24, 2.45) is 11.1 Å². The van der Waals surface area contributed by atoms with Crippen LogP contribution in [-0.2, 0) is 6.42 Å². The molecule has 238 valence electrons. The first-order valence-corrected chi connectivity index (χ1v) is 16.4. The van der Waals surface area contributed by atoms with E-state index in [-0.39, 0.29) is 11.8 Å². The lowest BCUT2D eigenvalue weighted by Crippen LogP contribution is -2.73. The van der Waals surface area contributed by atoms with E-state index in [9.17, 15) is 5.11 Å². The van der Waals surface area contributed by atoms with Crippen molar-refractivity contribution < 1.29 is 5.11 Å². The first-order valence-electron chi connectivity index (χ1n) is 16.4. The molecule has 4 aliphatic heterocycles. The summed E-state index contributed by atoms with van der Waals surface area (Å²) >= 11 is 0. The van der Waals surface area contributed by atoms with Gasteiger partial charge in [0.25, 0.3) is 0 Å². The maximum absolute atomic E-state index is 10.3. The molecule has 0 amide bonds.